The third-order valence-electron chi connectivity index (χ3n) is 4.49. The summed E-state index contributed by atoms with van der Waals surface area (Å²) in [5.41, 5.74) is 1.96. The van der Waals surface area contributed by atoms with Crippen LogP contribution >= 0.6 is 0 Å². The Labute approximate surface area is 166 Å². The Morgan fingerprint density at radius 2 is 1.59 bits per heavy atom. The summed E-state index contributed by atoms with van der Waals surface area (Å²) in [6, 6.07) is 22.6. The van der Waals surface area contributed by atoms with Crippen LogP contribution in [0.25, 0.3) is 5.57 Å². The Morgan fingerprint density at radius 3 is 2.24 bits per heavy atom. The maximum atomic E-state index is 13.6. The minimum absolute atomic E-state index is 0.0659. The summed E-state index contributed by atoms with van der Waals surface area (Å²) in [5, 5.41) is 11.9. The Kier molecular flexibility index (Phi) is 4.63. The first-order valence-electron chi connectivity index (χ1n) is 8.80. The van der Waals surface area contributed by atoms with Gasteiger partial charge in [0.1, 0.15) is 11.5 Å². The summed E-state index contributed by atoms with van der Waals surface area (Å²) in [7, 11) is 0. The van der Waals surface area contributed by atoms with Crippen molar-refractivity contribution in [3.8, 4) is 6.07 Å². The van der Waals surface area contributed by atoms with Crippen LogP contribution in [0, 0.1) is 17.1 Å². The molecule has 6 heteroatoms. The van der Waals surface area contributed by atoms with E-state index in [4.69, 9.17) is 5.26 Å². The van der Waals surface area contributed by atoms with Gasteiger partial charge >= 0.3 is 0 Å². The van der Waals surface area contributed by atoms with Crippen molar-refractivity contribution in [1.82, 2.24) is 0 Å². The molecule has 1 N–H and O–H groups in total. The van der Waals surface area contributed by atoms with Crippen LogP contribution in [0.1, 0.15) is 11.1 Å². The molecule has 3 aromatic carbocycles. The van der Waals surface area contributed by atoms with E-state index in [0.29, 0.717) is 22.5 Å². The molecule has 1 aliphatic rings. The van der Waals surface area contributed by atoms with E-state index >= 15 is 0 Å². The maximum absolute atomic E-state index is 13.6. The summed E-state index contributed by atoms with van der Waals surface area (Å²) >= 11 is 0. The van der Waals surface area contributed by atoms with E-state index in [1.807, 2.05) is 12.1 Å². The second kappa shape index (κ2) is 7.41. The highest BCUT2D eigenvalue weighted by Gasteiger charge is 2.40. The average Bonchev–Trinajstić information content (AvgIpc) is 2.98. The van der Waals surface area contributed by atoms with Gasteiger partial charge in [-0.05, 0) is 48.0 Å². The molecule has 29 heavy (non-hydrogen) atoms. The van der Waals surface area contributed by atoms with E-state index in [2.05, 4.69) is 5.32 Å². The van der Waals surface area contributed by atoms with Crippen molar-refractivity contribution in [2.24, 2.45) is 0 Å². The molecule has 0 spiro atoms. The number of imide groups is 1. The largest absolute Gasteiger partial charge is 0.350 e. The fourth-order valence-electron chi connectivity index (χ4n) is 3.15. The number of rotatable bonds is 4. The molecule has 0 saturated carbocycles. The second-order valence-electron chi connectivity index (χ2n) is 6.36. The number of carbonyl (C=O) groups is 2. The van der Waals surface area contributed by atoms with Crippen LogP contribution < -0.4 is 10.2 Å². The molecule has 0 fully saturated rings. The third-order valence-corrected chi connectivity index (χ3v) is 4.49. The van der Waals surface area contributed by atoms with E-state index in [0.717, 1.165) is 4.90 Å². The standard InChI is InChI=1S/C23H14FN3O2/c24-17-7-4-8-18(13-17)26-21-20(16-5-2-1-3-6-16)22(28)27(23(21)29)19-11-9-15(14-25)10-12-19/h1-13,26H. The van der Waals surface area contributed by atoms with Gasteiger partial charge in [0, 0.05) is 5.69 Å². The normalized spacial score (nSPS) is 13.6. The molecule has 0 aliphatic carbocycles. The zero-order valence-electron chi connectivity index (χ0n) is 15.1. The summed E-state index contributed by atoms with van der Waals surface area (Å²) < 4.78 is 13.6. The zero-order valence-corrected chi connectivity index (χ0v) is 15.1. The molecule has 1 heterocycles. The first-order valence-corrected chi connectivity index (χ1v) is 8.80. The number of amides is 2. The lowest BCUT2D eigenvalue weighted by molar-refractivity contribution is -0.120. The van der Waals surface area contributed by atoms with E-state index in [1.54, 1.807) is 42.5 Å². The first-order chi connectivity index (χ1) is 14.1. The highest BCUT2D eigenvalue weighted by atomic mass is 19.1. The number of nitriles is 1. The molecule has 0 radical (unpaired) electrons. The fourth-order valence-corrected chi connectivity index (χ4v) is 3.15. The lowest BCUT2D eigenvalue weighted by Crippen LogP contribution is -2.32. The summed E-state index contributed by atoms with van der Waals surface area (Å²) in [5.74, 6) is -1.51. The van der Waals surface area contributed by atoms with E-state index in [1.165, 1.54) is 30.3 Å². The lowest BCUT2D eigenvalue weighted by Gasteiger charge is -2.15. The molecule has 0 unspecified atom stereocenters. The Bertz CT molecular complexity index is 1180. The highest BCUT2D eigenvalue weighted by Crippen LogP contribution is 2.33. The van der Waals surface area contributed by atoms with Crippen molar-refractivity contribution >= 4 is 28.8 Å². The van der Waals surface area contributed by atoms with Gasteiger partial charge in [-0.3, -0.25) is 9.59 Å². The van der Waals surface area contributed by atoms with Gasteiger partial charge in [0.2, 0.25) is 0 Å². The number of nitrogens with one attached hydrogen (secondary N) is 1. The van der Waals surface area contributed by atoms with E-state index in [9.17, 15) is 14.0 Å². The quantitative estimate of drug-likeness (QED) is 0.689. The third kappa shape index (κ3) is 3.37. The molecule has 0 bridgehead atoms. The van der Waals surface area contributed by atoms with Crippen LogP contribution in [0.15, 0.2) is 84.6 Å². The minimum atomic E-state index is -0.553. The van der Waals surface area contributed by atoms with Crippen molar-refractivity contribution in [3.05, 3.63) is 102 Å². The van der Waals surface area contributed by atoms with Crippen LogP contribution in [-0.2, 0) is 9.59 Å². The van der Waals surface area contributed by atoms with Crippen molar-refractivity contribution in [3.63, 3.8) is 0 Å². The molecule has 4 rings (SSSR count). The number of hydrogen-bond donors (Lipinski definition) is 1. The molecule has 0 atom stereocenters. The monoisotopic (exact) mass is 383 g/mol. The van der Waals surface area contributed by atoms with Crippen LogP contribution in [0.2, 0.25) is 0 Å². The molecule has 3 aromatic rings. The van der Waals surface area contributed by atoms with Gasteiger partial charge in [-0.1, -0.05) is 36.4 Å². The number of nitrogens with zero attached hydrogens (tertiary/aromatic N) is 2. The average molecular weight is 383 g/mol. The van der Waals surface area contributed by atoms with Gasteiger partial charge in [-0.25, -0.2) is 9.29 Å². The Balaban J connectivity index is 1.80. The first kappa shape index (κ1) is 18.1. The van der Waals surface area contributed by atoms with Gasteiger partial charge in [0.25, 0.3) is 11.8 Å². The molecule has 2 amide bonds. The number of carbonyl (C=O) groups excluding carboxylic acids is 2. The van der Waals surface area contributed by atoms with E-state index in [-0.39, 0.29) is 11.3 Å². The van der Waals surface area contributed by atoms with E-state index < -0.39 is 17.6 Å². The summed E-state index contributed by atoms with van der Waals surface area (Å²) in [6.45, 7) is 0. The lowest BCUT2D eigenvalue weighted by atomic mass is 10.0. The van der Waals surface area contributed by atoms with Gasteiger partial charge in [0.15, 0.2) is 0 Å². The fraction of sp³-hybridized carbons (Fsp3) is 0. The second-order valence-corrected chi connectivity index (χ2v) is 6.36. The van der Waals surface area contributed by atoms with Crippen LogP contribution in [0.3, 0.4) is 0 Å². The van der Waals surface area contributed by atoms with Gasteiger partial charge in [-0.15, -0.1) is 0 Å². The van der Waals surface area contributed by atoms with Crippen molar-refractivity contribution in [2.45, 2.75) is 0 Å². The topological polar surface area (TPSA) is 73.2 Å². The molecular formula is C23H14FN3O2. The molecule has 0 saturated heterocycles. The van der Waals surface area contributed by atoms with Crippen molar-refractivity contribution in [1.29, 1.82) is 5.26 Å². The minimum Gasteiger partial charge on any atom is -0.350 e. The Morgan fingerprint density at radius 1 is 0.862 bits per heavy atom. The molecule has 1 aliphatic heterocycles. The molecule has 5 nitrogen and oxygen atoms in total. The molecule has 0 aromatic heterocycles. The van der Waals surface area contributed by atoms with Crippen LogP contribution in [-0.4, -0.2) is 11.8 Å². The number of halogens is 1. The predicted octanol–water partition coefficient (Wildman–Crippen LogP) is 4.09. The zero-order chi connectivity index (χ0) is 20.4. The maximum Gasteiger partial charge on any atom is 0.282 e. The van der Waals surface area contributed by atoms with Crippen LogP contribution in [0.5, 0.6) is 0 Å². The van der Waals surface area contributed by atoms with Gasteiger partial charge in [-0.2, -0.15) is 5.26 Å². The number of benzene rings is 3. The van der Waals surface area contributed by atoms with Gasteiger partial charge in [0.05, 0.1) is 22.9 Å². The Hall–Kier alpha value is -4.24. The SMILES string of the molecule is N#Cc1ccc(N2C(=O)C(Nc3cccc(F)c3)=C(c3ccccc3)C2=O)cc1. The molecule has 140 valence electrons. The predicted molar refractivity (Wildman–Crippen MR) is 107 cm³/mol. The van der Waals surface area contributed by atoms with Crippen molar-refractivity contribution < 1.29 is 14.0 Å². The summed E-state index contributed by atoms with van der Waals surface area (Å²) in [6.07, 6.45) is 0. The number of anilines is 2. The van der Waals surface area contributed by atoms with Crippen LogP contribution in [0.4, 0.5) is 15.8 Å². The smallest absolute Gasteiger partial charge is 0.282 e. The van der Waals surface area contributed by atoms with Crippen molar-refractivity contribution in [2.75, 3.05) is 10.2 Å². The highest BCUT2D eigenvalue weighted by molar-refractivity contribution is 6.46. The van der Waals surface area contributed by atoms with Gasteiger partial charge < -0.3 is 5.32 Å². The molecular weight excluding hydrogens is 369 g/mol. The summed E-state index contributed by atoms with van der Waals surface area (Å²) in [4.78, 5) is 27.4. The number of hydrogen-bond acceptors (Lipinski definition) is 4.